The SMILES string of the molecule is CNC(=O)[C@@H]1CN2CCN(C3COC3)C[C@@H]2[C@H]1c1ccccc1. The minimum absolute atomic E-state index is 0.0463. The first-order valence-corrected chi connectivity index (χ1v) is 8.60. The van der Waals surface area contributed by atoms with E-state index in [4.69, 9.17) is 4.74 Å². The maximum Gasteiger partial charge on any atom is 0.224 e. The fourth-order valence-corrected chi connectivity index (χ4v) is 4.40. The summed E-state index contributed by atoms with van der Waals surface area (Å²) in [7, 11) is 1.75. The second-order valence-corrected chi connectivity index (χ2v) is 6.91. The van der Waals surface area contributed by atoms with Crippen LogP contribution in [0.1, 0.15) is 11.5 Å². The molecule has 23 heavy (non-hydrogen) atoms. The maximum atomic E-state index is 12.5. The first kappa shape index (κ1) is 15.1. The summed E-state index contributed by atoms with van der Waals surface area (Å²) in [5, 5.41) is 2.87. The molecule has 0 aromatic heterocycles. The molecule has 0 unspecified atom stereocenters. The van der Waals surface area contributed by atoms with Crippen molar-refractivity contribution >= 4 is 5.91 Å². The molecule has 1 N–H and O–H groups in total. The van der Waals surface area contributed by atoms with E-state index in [0.717, 1.165) is 39.4 Å². The van der Waals surface area contributed by atoms with Crippen LogP contribution in [0.3, 0.4) is 0 Å². The molecule has 124 valence electrons. The molecule has 0 radical (unpaired) electrons. The predicted molar refractivity (Wildman–Crippen MR) is 88.3 cm³/mol. The predicted octanol–water partition coefficient (Wildman–Crippen LogP) is 0.531. The van der Waals surface area contributed by atoms with Crippen molar-refractivity contribution in [3.63, 3.8) is 0 Å². The van der Waals surface area contributed by atoms with Crippen molar-refractivity contribution < 1.29 is 9.53 Å². The van der Waals surface area contributed by atoms with Gasteiger partial charge in [-0.3, -0.25) is 14.6 Å². The number of fused-ring (bicyclic) bond motifs is 1. The first-order valence-electron chi connectivity index (χ1n) is 8.60. The van der Waals surface area contributed by atoms with E-state index in [0.29, 0.717) is 12.1 Å². The molecule has 0 spiro atoms. The van der Waals surface area contributed by atoms with Crippen molar-refractivity contribution in [3.8, 4) is 0 Å². The summed E-state index contributed by atoms with van der Waals surface area (Å²) in [4.78, 5) is 17.5. The van der Waals surface area contributed by atoms with Gasteiger partial charge in [0.2, 0.25) is 5.91 Å². The number of carbonyl (C=O) groups is 1. The minimum atomic E-state index is 0.0463. The van der Waals surface area contributed by atoms with Crippen LogP contribution in [0.15, 0.2) is 30.3 Å². The van der Waals surface area contributed by atoms with Crippen LogP contribution in [0.25, 0.3) is 0 Å². The number of rotatable bonds is 3. The zero-order valence-corrected chi connectivity index (χ0v) is 13.6. The molecule has 3 fully saturated rings. The van der Waals surface area contributed by atoms with E-state index in [2.05, 4.69) is 39.4 Å². The van der Waals surface area contributed by atoms with Gasteiger partial charge in [-0.2, -0.15) is 0 Å². The van der Waals surface area contributed by atoms with Crippen LogP contribution in [0.5, 0.6) is 0 Å². The van der Waals surface area contributed by atoms with Crippen molar-refractivity contribution in [2.75, 3.05) is 46.4 Å². The standard InChI is InChI=1S/C18H25N3O2/c1-19-18(22)15-9-21-8-7-20(14-11-23-12-14)10-16(21)17(15)13-5-3-2-4-6-13/h2-6,14-17H,7-12H2,1H3,(H,19,22)/t15-,16-,17+/m1/s1. The fraction of sp³-hybridized carbons (Fsp3) is 0.611. The van der Waals surface area contributed by atoms with Crippen LogP contribution < -0.4 is 5.32 Å². The Morgan fingerprint density at radius 3 is 2.52 bits per heavy atom. The molecular weight excluding hydrogens is 290 g/mol. The lowest BCUT2D eigenvalue weighted by molar-refractivity contribution is -0.124. The normalized spacial score (nSPS) is 32.3. The van der Waals surface area contributed by atoms with Crippen molar-refractivity contribution in [3.05, 3.63) is 35.9 Å². The summed E-state index contributed by atoms with van der Waals surface area (Å²) < 4.78 is 5.37. The summed E-state index contributed by atoms with van der Waals surface area (Å²) >= 11 is 0. The van der Waals surface area contributed by atoms with Crippen LogP contribution in [-0.4, -0.2) is 74.2 Å². The van der Waals surface area contributed by atoms with Gasteiger partial charge in [0.05, 0.1) is 25.2 Å². The largest absolute Gasteiger partial charge is 0.378 e. The lowest BCUT2D eigenvalue weighted by atomic mass is 9.83. The van der Waals surface area contributed by atoms with Gasteiger partial charge < -0.3 is 10.1 Å². The molecule has 3 aliphatic rings. The van der Waals surface area contributed by atoms with E-state index in [1.807, 2.05) is 6.07 Å². The summed E-state index contributed by atoms with van der Waals surface area (Å²) in [5.41, 5.74) is 1.29. The highest BCUT2D eigenvalue weighted by Gasteiger charge is 2.48. The van der Waals surface area contributed by atoms with E-state index in [9.17, 15) is 4.79 Å². The van der Waals surface area contributed by atoms with Crippen molar-refractivity contribution in [2.24, 2.45) is 5.92 Å². The first-order chi connectivity index (χ1) is 11.3. The number of piperazine rings is 1. The Balaban J connectivity index is 1.61. The van der Waals surface area contributed by atoms with Crippen LogP contribution in [-0.2, 0) is 9.53 Å². The smallest absolute Gasteiger partial charge is 0.224 e. The molecule has 3 saturated heterocycles. The molecule has 0 aliphatic carbocycles. The quantitative estimate of drug-likeness (QED) is 0.884. The van der Waals surface area contributed by atoms with Gasteiger partial charge in [-0.15, -0.1) is 0 Å². The average Bonchev–Trinajstić information content (AvgIpc) is 2.92. The van der Waals surface area contributed by atoms with Gasteiger partial charge in [0.25, 0.3) is 0 Å². The highest BCUT2D eigenvalue weighted by atomic mass is 16.5. The Labute approximate surface area is 137 Å². The number of amides is 1. The highest BCUT2D eigenvalue weighted by molar-refractivity contribution is 5.80. The Morgan fingerprint density at radius 1 is 1.13 bits per heavy atom. The second kappa shape index (κ2) is 6.23. The van der Waals surface area contributed by atoms with E-state index in [1.165, 1.54) is 5.56 Å². The van der Waals surface area contributed by atoms with E-state index >= 15 is 0 Å². The Morgan fingerprint density at radius 2 is 1.87 bits per heavy atom. The van der Waals surface area contributed by atoms with Gasteiger partial charge in [-0.05, 0) is 5.56 Å². The lowest BCUT2D eigenvalue weighted by Gasteiger charge is -2.45. The lowest BCUT2D eigenvalue weighted by Crippen LogP contribution is -2.59. The molecule has 4 rings (SSSR count). The molecule has 1 aromatic rings. The highest BCUT2D eigenvalue weighted by Crippen LogP contribution is 2.40. The number of nitrogens with zero attached hydrogens (tertiary/aromatic N) is 2. The summed E-state index contributed by atoms with van der Waals surface area (Å²) in [6, 6.07) is 11.6. The zero-order valence-electron chi connectivity index (χ0n) is 13.6. The molecule has 0 saturated carbocycles. The van der Waals surface area contributed by atoms with Crippen LogP contribution >= 0.6 is 0 Å². The summed E-state index contributed by atoms with van der Waals surface area (Å²) in [6.45, 7) is 5.79. The summed E-state index contributed by atoms with van der Waals surface area (Å²) in [5.74, 6) is 0.497. The van der Waals surface area contributed by atoms with Crippen LogP contribution in [0.2, 0.25) is 0 Å². The third-order valence-electron chi connectivity index (χ3n) is 5.75. The zero-order chi connectivity index (χ0) is 15.8. The van der Waals surface area contributed by atoms with Crippen molar-refractivity contribution in [2.45, 2.75) is 18.0 Å². The molecular formula is C18H25N3O2. The number of benzene rings is 1. The molecule has 1 aromatic carbocycles. The topological polar surface area (TPSA) is 44.8 Å². The second-order valence-electron chi connectivity index (χ2n) is 6.91. The molecule has 3 aliphatic heterocycles. The van der Waals surface area contributed by atoms with Crippen LogP contribution in [0.4, 0.5) is 0 Å². The number of hydrogen-bond donors (Lipinski definition) is 1. The van der Waals surface area contributed by atoms with E-state index in [-0.39, 0.29) is 17.7 Å². The molecule has 3 heterocycles. The molecule has 5 heteroatoms. The number of hydrogen-bond acceptors (Lipinski definition) is 4. The monoisotopic (exact) mass is 315 g/mol. The molecule has 1 amide bonds. The fourth-order valence-electron chi connectivity index (χ4n) is 4.40. The van der Waals surface area contributed by atoms with Crippen molar-refractivity contribution in [1.29, 1.82) is 0 Å². The Bertz CT molecular complexity index is 561. The van der Waals surface area contributed by atoms with Gasteiger partial charge >= 0.3 is 0 Å². The molecule has 3 atom stereocenters. The van der Waals surface area contributed by atoms with Gasteiger partial charge in [0.15, 0.2) is 0 Å². The molecule has 0 bridgehead atoms. The number of carbonyl (C=O) groups excluding carboxylic acids is 1. The Kier molecular flexibility index (Phi) is 4.09. The third kappa shape index (κ3) is 2.67. The van der Waals surface area contributed by atoms with Crippen molar-refractivity contribution in [1.82, 2.24) is 15.1 Å². The minimum Gasteiger partial charge on any atom is -0.378 e. The van der Waals surface area contributed by atoms with Gasteiger partial charge in [0, 0.05) is 45.2 Å². The Hall–Kier alpha value is -1.43. The number of nitrogens with one attached hydrogen (secondary N) is 1. The van der Waals surface area contributed by atoms with Gasteiger partial charge in [-0.1, -0.05) is 30.3 Å². The van der Waals surface area contributed by atoms with Gasteiger partial charge in [-0.25, -0.2) is 0 Å². The van der Waals surface area contributed by atoms with E-state index in [1.54, 1.807) is 7.05 Å². The van der Waals surface area contributed by atoms with Crippen LogP contribution in [0, 0.1) is 5.92 Å². The van der Waals surface area contributed by atoms with Gasteiger partial charge in [0.1, 0.15) is 0 Å². The summed E-state index contributed by atoms with van der Waals surface area (Å²) in [6.07, 6.45) is 0. The average molecular weight is 315 g/mol. The molecule has 5 nitrogen and oxygen atoms in total. The third-order valence-corrected chi connectivity index (χ3v) is 5.75. The maximum absolute atomic E-state index is 12.5. The number of ether oxygens (including phenoxy) is 1. The van der Waals surface area contributed by atoms with E-state index < -0.39 is 0 Å².